The molecule has 1 N–H and O–H groups in total. The lowest BCUT2D eigenvalue weighted by Gasteiger charge is -2.34. The Morgan fingerprint density at radius 3 is 2.77 bits per heavy atom. The summed E-state index contributed by atoms with van der Waals surface area (Å²) in [5.74, 6) is -0.115. The van der Waals surface area contributed by atoms with Crippen molar-refractivity contribution in [1.82, 2.24) is 10.2 Å². The summed E-state index contributed by atoms with van der Waals surface area (Å²) >= 11 is 1.83. The van der Waals surface area contributed by atoms with E-state index in [0.29, 0.717) is 6.04 Å². The summed E-state index contributed by atoms with van der Waals surface area (Å²) < 4.78 is 10.7. The van der Waals surface area contributed by atoms with Crippen LogP contribution in [0, 0.1) is 6.92 Å². The highest BCUT2D eigenvalue weighted by molar-refractivity contribution is 7.12. The Kier molecular flexibility index (Phi) is 5.13. The van der Waals surface area contributed by atoms with Gasteiger partial charge in [-0.05, 0) is 26.0 Å². The Morgan fingerprint density at radius 1 is 1.41 bits per heavy atom. The van der Waals surface area contributed by atoms with E-state index in [1.807, 2.05) is 18.3 Å². The molecule has 2 fully saturated rings. The average Bonchev–Trinajstić information content (AvgIpc) is 3.06. The average molecular weight is 324 g/mol. The molecular weight excluding hydrogens is 300 g/mol. The second-order valence-electron chi connectivity index (χ2n) is 6.06. The molecular formula is C16H24N2O3S. The SMILES string of the molecule is Cc1ccc(C(CNC2CC(C)OC2=O)N2CCOCC2)s1. The van der Waals surface area contributed by atoms with Crippen molar-refractivity contribution in [3.8, 4) is 0 Å². The summed E-state index contributed by atoms with van der Waals surface area (Å²) in [4.78, 5) is 16.9. The van der Waals surface area contributed by atoms with Gasteiger partial charge < -0.3 is 14.8 Å². The number of rotatable bonds is 5. The van der Waals surface area contributed by atoms with Gasteiger partial charge in [-0.15, -0.1) is 11.3 Å². The van der Waals surface area contributed by atoms with Crippen LogP contribution in [0.4, 0.5) is 0 Å². The van der Waals surface area contributed by atoms with Crippen LogP contribution in [0.3, 0.4) is 0 Å². The van der Waals surface area contributed by atoms with Gasteiger partial charge in [0.2, 0.25) is 0 Å². The van der Waals surface area contributed by atoms with Crippen molar-refractivity contribution in [1.29, 1.82) is 0 Å². The Bertz CT molecular complexity index is 513. The fourth-order valence-corrected chi connectivity index (χ4v) is 4.12. The predicted octanol–water partition coefficient (Wildman–Crippen LogP) is 1.72. The number of thiophene rings is 1. The molecule has 0 aliphatic carbocycles. The summed E-state index contributed by atoms with van der Waals surface area (Å²) in [5, 5.41) is 3.42. The van der Waals surface area contributed by atoms with E-state index >= 15 is 0 Å². The number of carbonyl (C=O) groups excluding carboxylic acids is 1. The fraction of sp³-hybridized carbons (Fsp3) is 0.688. The molecule has 0 bridgehead atoms. The van der Waals surface area contributed by atoms with E-state index in [-0.39, 0.29) is 18.1 Å². The number of carbonyl (C=O) groups is 1. The van der Waals surface area contributed by atoms with Crippen LogP contribution in [0.5, 0.6) is 0 Å². The molecule has 2 aliphatic rings. The number of aryl methyl sites for hydroxylation is 1. The lowest BCUT2D eigenvalue weighted by atomic mass is 10.1. The molecule has 122 valence electrons. The van der Waals surface area contributed by atoms with Crippen molar-refractivity contribution >= 4 is 17.3 Å². The van der Waals surface area contributed by atoms with Crippen molar-refractivity contribution < 1.29 is 14.3 Å². The highest BCUT2D eigenvalue weighted by atomic mass is 32.1. The van der Waals surface area contributed by atoms with Gasteiger partial charge in [-0.3, -0.25) is 9.69 Å². The maximum absolute atomic E-state index is 11.8. The Balaban J connectivity index is 1.67. The summed E-state index contributed by atoms with van der Waals surface area (Å²) in [6.45, 7) is 8.29. The third kappa shape index (κ3) is 3.68. The Labute approximate surface area is 135 Å². The first kappa shape index (κ1) is 15.9. The minimum atomic E-state index is -0.167. The maximum Gasteiger partial charge on any atom is 0.323 e. The van der Waals surface area contributed by atoms with Crippen molar-refractivity contribution in [2.45, 2.75) is 38.5 Å². The molecule has 0 spiro atoms. The third-order valence-corrected chi connectivity index (χ3v) is 5.41. The van der Waals surface area contributed by atoms with Gasteiger partial charge in [0.25, 0.3) is 0 Å². The van der Waals surface area contributed by atoms with Crippen LogP contribution in [0.15, 0.2) is 12.1 Å². The fourth-order valence-electron chi connectivity index (χ4n) is 3.11. The number of hydrogen-bond donors (Lipinski definition) is 1. The molecule has 22 heavy (non-hydrogen) atoms. The van der Waals surface area contributed by atoms with Gasteiger partial charge in [-0.25, -0.2) is 0 Å². The summed E-state index contributed by atoms with van der Waals surface area (Å²) in [6.07, 6.45) is 0.786. The standard InChI is InChI=1S/C16H24N2O3S/c1-11-9-13(16(19)21-11)17-10-14(15-4-3-12(2)22-15)18-5-7-20-8-6-18/h3-4,11,13-14,17H,5-10H2,1-2H3. The van der Waals surface area contributed by atoms with E-state index < -0.39 is 0 Å². The first-order chi connectivity index (χ1) is 10.6. The quantitative estimate of drug-likeness (QED) is 0.836. The molecule has 0 amide bonds. The monoisotopic (exact) mass is 324 g/mol. The molecule has 3 atom stereocenters. The van der Waals surface area contributed by atoms with Crippen LogP contribution in [0.2, 0.25) is 0 Å². The van der Waals surface area contributed by atoms with Crippen LogP contribution in [-0.2, 0) is 14.3 Å². The van der Waals surface area contributed by atoms with Crippen LogP contribution in [0.1, 0.15) is 29.1 Å². The Morgan fingerprint density at radius 2 is 2.18 bits per heavy atom. The van der Waals surface area contributed by atoms with E-state index in [2.05, 4.69) is 29.3 Å². The maximum atomic E-state index is 11.8. The second-order valence-corrected chi connectivity index (χ2v) is 7.38. The first-order valence-electron chi connectivity index (χ1n) is 7.95. The van der Waals surface area contributed by atoms with Gasteiger partial charge in [0.1, 0.15) is 12.1 Å². The van der Waals surface area contributed by atoms with Crippen molar-refractivity contribution in [2.75, 3.05) is 32.8 Å². The van der Waals surface area contributed by atoms with Gasteiger partial charge in [-0.2, -0.15) is 0 Å². The molecule has 3 unspecified atom stereocenters. The zero-order valence-electron chi connectivity index (χ0n) is 13.2. The van der Waals surface area contributed by atoms with E-state index in [9.17, 15) is 4.79 Å². The number of esters is 1. The molecule has 2 saturated heterocycles. The van der Waals surface area contributed by atoms with Gasteiger partial charge >= 0.3 is 5.97 Å². The number of nitrogens with zero attached hydrogens (tertiary/aromatic N) is 1. The molecule has 1 aromatic rings. The molecule has 0 radical (unpaired) electrons. The lowest BCUT2D eigenvalue weighted by molar-refractivity contribution is -0.142. The summed E-state index contributed by atoms with van der Waals surface area (Å²) in [7, 11) is 0. The minimum absolute atomic E-state index is 0.0239. The number of ether oxygens (including phenoxy) is 2. The normalized spacial score (nSPS) is 27.8. The van der Waals surface area contributed by atoms with Gasteiger partial charge in [-0.1, -0.05) is 0 Å². The molecule has 3 rings (SSSR count). The molecule has 1 aromatic heterocycles. The Hall–Kier alpha value is -0.950. The predicted molar refractivity (Wildman–Crippen MR) is 86.2 cm³/mol. The van der Waals surface area contributed by atoms with Crippen LogP contribution in [0.25, 0.3) is 0 Å². The van der Waals surface area contributed by atoms with Crippen molar-refractivity contribution in [2.24, 2.45) is 0 Å². The zero-order valence-corrected chi connectivity index (χ0v) is 14.0. The largest absolute Gasteiger partial charge is 0.461 e. The summed E-state index contributed by atoms with van der Waals surface area (Å²) in [5.41, 5.74) is 0. The number of hydrogen-bond acceptors (Lipinski definition) is 6. The van der Waals surface area contributed by atoms with Gasteiger partial charge in [0.15, 0.2) is 0 Å². The molecule has 5 nitrogen and oxygen atoms in total. The minimum Gasteiger partial charge on any atom is -0.461 e. The van der Waals surface area contributed by atoms with Crippen LogP contribution >= 0.6 is 11.3 Å². The molecule has 6 heteroatoms. The lowest BCUT2D eigenvalue weighted by Crippen LogP contribution is -2.45. The summed E-state index contributed by atoms with van der Waals surface area (Å²) in [6, 6.07) is 4.50. The van der Waals surface area contributed by atoms with Gasteiger partial charge in [0, 0.05) is 35.8 Å². The third-order valence-electron chi connectivity index (χ3n) is 4.30. The first-order valence-corrected chi connectivity index (χ1v) is 8.77. The van der Waals surface area contributed by atoms with Crippen LogP contribution < -0.4 is 5.32 Å². The topological polar surface area (TPSA) is 50.8 Å². The molecule has 0 aromatic carbocycles. The molecule has 2 aliphatic heterocycles. The number of nitrogens with one attached hydrogen (secondary N) is 1. The highest BCUT2D eigenvalue weighted by Crippen LogP contribution is 2.28. The van der Waals surface area contributed by atoms with E-state index in [4.69, 9.17) is 9.47 Å². The van der Waals surface area contributed by atoms with Crippen LogP contribution in [-0.4, -0.2) is 55.9 Å². The molecule has 0 saturated carbocycles. The second kappa shape index (κ2) is 7.08. The van der Waals surface area contributed by atoms with E-state index in [0.717, 1.165) is 39.3 Å². The number of cyclic esters (lactones) is 1. The van der Waals surface area contributed by atoms with Gasteiger partial charge in [0.05, 0.1) is 19.3 Å². The van der Waals surface area contributed by atoms with Crippen molar-refractivity contribution in [3.63, 3.8) is 0 Å². The van der Waals surface area contributed by atoms with E-state index in [1.165, 1.54) is 9.75 Å². The van der Waals surface area contributed by atoms with Crippen molar-refractivity contribution in [3.05, 3.63) is 21.9 Å². The number of morpholine rings is 1. The highest BCUT2D eigenvalue weighted by Gasteiger charge is 2.33. The zero-order chi connectivity index (χ0) is 15.5. The smallest absolute Gasteiger partial charge is 0.323 e. The molecule has 3 heterocycles. The van der Waals surface area contributed by atoms with E-state index in [1.54, 1.807) is 0 Å².